The summed E-state index contributed by atoms with van der Waals surface area (Å²) in [6.45, 7) is 1.79. The van der Waals surface area contributed by atoms with Gasteiger partial charge in [0.1, 0.15) is 23.4 Å². The Hall–Kier alpha value is -3.78. The van der Waals surface area contributed by atoms with Crippen LogP contribution in [0.3, 0.4) is 0 Å². The second-order valence-corrected chi connectivity index (χ2v) is 11.7. The van der Waals surface area contributed by atoms with Crippen molar-refractivity contribution in [2.75, 3.05) is 13.6 Å². The summed E-state index contributed by atoms with van der Waals surface area (Å²) in [5, 5.41) is 10.8. The van der Waals surface area contributed by atoms with Crippen molar-refractivity contribution in [3.8, 4) is 11.1 Å². The van der Waals surface area contributed by atoms with E-state index in [9.17, 15) is 14.4 Å². The van der Waals surface area contributed by atoms with Gasteiger partial charge in [0, 0.05) is 23.5 Å². The van der Waals surface area contributed by atoms with Gasteiger partial charge in [-0.3, -0.25) is 14.4 Å². The molecule has 6 rings (SSSR count). The predicted octanol–water partition coefficient (Wildman–Crippen LogP) is 3.98. The van der Waals surface area contributed by atoms with Crippen LogP contribution in [0.25, 0.3) is 11.1 Å². The number of Topliss-reactive ketones (excluding diaryl/α,β-unsaturated/α-hetero) is 1. The number of nitrogens with zero attached hydrogens (tertiary/aromatic N) is 2. The number of fused-ring (bicyclic) bond motifs is 5. The molecule has 2 heterocycles. The first kappa shape index (κ1) is 27.4. The first-order valence-electron chi connectivity index (χ1n) is 14.8. The van der Waals surface area contributed by atoms with Crippen molar-refractivity contribution in [2.45, 2.75) is 75.6 Å². The van der Waals surface area contributed by atoms with E-state index in [4.69, 9.17) is 4.84 Å². The fraction of sp³-hybridized carbons (Fsp3) is 0.455. The van der Waals surface area contributed by atoms with Gasteiger partial charge in [-0.25, -0.2) is 0 Å². The zero-order valence-corrected chi connectivity index (χ0v) is 23.8. The van der Waals surface area contributed by atoms with Gasteiger partial charge >= 0.3 is 0 Å². The summed E-state index contributed by atoms with van der Waals surface area (Å²) in [5.74, 6) is -0.470. The van der Waals surface area contributed by atoms with E-state index in [0.717, 1.165) is 53.6 Å². The number of carbonyl (C=O) groups is 3. The summed E-state index contributed by atoms with van der Waals surface area (Å²) >= 11 is 0. The molecule has 2 aromatic rings. The van der Waals surface area contributed by atoms with Crippen molar-refractivity contribution in [1.29, 1.82) is 0 Å². The van der Waals surface area contributed by atoms with Crippen LogP contribution in [-0.4, -0.2) is 65.5 Å². The third-order valence-electron chi connectivity index (χ3n) is 9.16. The van der Waals surface area contributed by atoms with Gasteiger partial charge in [0.15, 0.2) is 5.78 Å². The molecule has 214 valence electrons. The third-order valence-corrected chi connectivity index (χ3v) is 9.16. The molecule has 1 saturated heterocycles. The highest BCUT2D eigenvalue weighted by atomic mass is 16.6. The Morgan fingerprint density at radius 2 is 1.71 bits per heavy atom. The average Bonchev–Trinajstić information content (AvgIpc) is 3.35. The molecule has 2 fully saturated rings. The Kier molecular flexibility index (Phi) is 7.51. The lowest BCUT2D eigenvalue weighted by molar-refractivity contribution is -0.141. The zero-order valence-electron chi connectivity index (χ0n) is 23.8. The quantitative estimate of drug-likeness (QED) is 0.376. The lowest BCUT2D eigenvalue weighted by atomic mass is 10.1. The van der Waals surface area contributed by atoms with E-state index >= 15 is 0 Å². The van der Waals surface area contributed by atoms with E-state index < -0.39 is 17.7 Å². The molecule has 8 nitrogen and oxygen atoms in total. The molecule has 0 spiro atoms. The van der Waals surface area contributed by atoms with Crippen LogP contribution < -0.4 is 10.6 Å². The van der Waals surface area contributed by atoms with Crippen molar-refractivity contribution >= 4 is 23.3 Å². The topological polar surface area (TPSA) is 100 Å². The minimum Gasteiger partial charge on any atom is -0.390 e. The Morgan fingerprint density at radius 1 is 1.02 bits per heavy atom. The smallest absolute Gasteiger partial charge is 0.243 e. The van der Waals surface area contributed by atoms with Gasteiger partial charge < -0.3 is 20.4 Å². The van der Waals surface area contributed by atoms with Crippen LogP contribution in [0.15, 0.2) is 65.8 Å². The molecule has 2 aromatic carbocycles. The number of amides is 2. The van der Waals surface area contributed by atoms with Gasteiger partial charge in [-0.1, -0.05) is 78.7 Å². The number of carbonyl (C=O) groups excluding carboxylic acids is 3. The summed E-state index contributed by atoms with van der Waals surface area (Å²) in [7, 11) is 1.79. The molecule has 1 saturated carbocycles. The molecule has 2 N–H and O–H groups in total. The molecule has 2 aliphatic carbocycles. The Morgan fingerprint density at radius 3 is 2.37 bits per heavy atom. The van der Waals surface area contributed by atoms with E-state index in [2.05, 4.69) is 40.1 Å². The molecular formula is C33H38N4O4. The number of allylic oxidation sites excluding steroid dienone is 1. The van der Waals surface area contributed by atoms with Gasteiger partial charge in [0.25, 0.3) is 0 Å². The number of oxime groups is 1. The van der Waals surface area contributed by atoms with Gasteiger partial charge in [0.05, 0.1) is 12.6 Å². The summed E-state index contributed by atoms with van der Waals surface area (Å²) in [5.41, 5.74) is 4.09. The predicted molar refractivity (Wildman–Crippen MR) is 157 cm³/mol. The fourth-order valence-electron chi connectivity index (χ4n) is 6.68. The fourth-order valence-corrected chi connectivity index (χ4v) is 6.68. The normalized spacial score (nSPS) is 30.1. The monoisotopic (exact) mass is 554 g/mol. The molecule has 0 aromatic heterocycles. The Balaban J connectivity index is 1.27. The number of likely N-dealkylation sites (N-methyl/N-ethyl adjacent to an activating group) is 1. The average molecular weight is 555 g/mol. The van der Waals surface area contributed by atoms with E-state index in [1.54, 1.807) is 11.9 Å². The van der Waals surface area contributed by atoms with Crippen molar-refractivity contribution in [3.63, 3.8) is 0 Å². The minimum atomic E-state index is -0.888. The molecule has 5 atom stereocenters. The van der Waals surface area contributed by atoms with Crippen LogP contribution in [0.1, 0.15) is 63.0 Å². The second kappa shape index (κ2) is 11.2. The molecule has 4 aliphatic rings. The summed E-state index contributed by atoms with van der Waals surface area (Å²) in [6.07, 6.45) is 9.25. The van der Waals surface area contributed by atoms with Crippen LogP contribution in [0.5, 0.6) is 0 Å². The molecule has 0 bridgehead atoms. The summed E-state index contributed by atoms with van der Waals surface area (Å²) < 4.78 is 0. The van der Waals surface area contributed by atoms with Crippen LogP contribution in [-0.2, 0) is 19.2 Å². The maximum atomic E-state index is 13.8. The van der Waals surface area contributed by atoms with E-state index in [1.165, 1.54) is 6.92 Å². The molecule has 41 heavy (non-hydrogen) atoms. The number of hydrogen-bond acceptors (Lipinski definition) is 6. The van der Waals surface area contributed by atoms with Crippen molar-refractivity contribution < 1.29 is 19.2 Å². The molecular weight excluding hydrogens is 516 g/mol. The molecule has 0 radical (unpaired) electrons. The minimum absolute atomic E-state index is 0.00867. The van der Waals surface area contributed by atoms with E-state index in [-0.39, 0.29) is 36.1 Å². The molecule has 2 amide bonds. The van der Waals surface area contributed by atoms with Crippen LogP contribution >= 0.6 is 0 Å². The first-order chi connectivity index (χ1) is 19.9. The van der Waals surface area contributed by atoms with Gasteiger partial charge in [-0.2, -0.15) is 0 Å². The number of benzene rings is 2. The number of hydrogen-bond donors (Lipinski definition) is 2. The highest BCUT2D eigenvalue weighted by Crippen LogP contribution is 2.46. The highest BCUT2D eigenvalue weighted by molar-refractivity contribution is 6.24. The van der Waals surface area contributed by atoms with E-state index in [1.807, 2.05) is 36.4 Å². The van der Waals surface area contributed by atoms with E-state index in [0.29, 0.717) is 19.3 Å². The third kappa shape index (κ3) is 5.10. The number of nitrogens with one attached hydrogen (secondary N) is 2. The first-order valence-corrected chi connectivity index (χ1v) is 14.8. The van der Waals surface area contributed by atoms with Gasteiger partial charge in [0.2, 0.25) is 11.8 Å². The largest absolute Gasteiger partial charge is 0.390 e. The second-order valence-electron chi connectivity index (χ2n) is 11.7. The van der Waals surface area contributed by atoms with Crippen LogP contribution in [0.2, 0.25) is 0 Å². The lowest BCUT2D eigenvalue weighted by Crippen LogP contribution is -2.55. The highest BCUT2D eigenvalue weighted by Gasteiger charge is 2.59. The zero-order chi connectivity index (χ0) is 28.6. The molecule has 1 unspecified atom stereocenters. The van der Waals surface area contributed by atoms with Gasteiger partial charge in [-0.15, -0.1) is 0 Å². The van der Waals surface area contributed by atoms with Crippen LogP contribution in [0, 0.1) is 5.92 Å². The Bertz CT molecular complexity index is 1370. The SMILES string of the molecule is CN[C@H]1CCCCC/C=C\C2C[C@@]2(C(C)=O)NC(=O)[C@@H]2C[C@@H](ON=C3c4ccccc4-c4ccccc43)CN2C1=O. The lowest BCUT2D eigenvalue weighted by Gasteiger charge is -2.29. The summed E-state index contributed by atoms with van der Waals surface area (Å²) in [4.78, 5) is 48.0. The summed E-state index contributed by atoms with van der Waals surface area (Å²) in [6, 6.07) is 15.1. The maximum Gasteiger partial charge on any atom is 0.243 e. The van der Waals surface area contributed by atoms with Gasteiger partial charge in [-0.05, 0) is 50.8 Å². The van der Waals surface area contributed by atoms with Crippen molar-refractivity contribution in [1.82, 2.24) is 15.5 Å². The Labute approximate surface area is 241 Å². The number of rotatable bonds is 4. The maximum absolute atomic E-state index is 13.8. The van der Waals surface area contributed by atoms with Crippen LogP contribution in [0.4, 0.5) is 0 Å². The molecule has 8 heteroatoms. The van der Waals surface area contributed by atoms with Crippen molar-refractivity contribution in [3.05, 3.63) is 71.8 Å². The number of ketones is 1. The molecule has 2 aliphatic heterocycles. The van der Waals surface area contributed by atoms with Crippen molar-refractivity contribution in [2.24, 2.45) is 11.1 Å². The standard InChI is InChI=1S/C33H38N4O4/c1-21(38)33-19-22(33)12-6-4-3-5-7-17-28(34-2)32(40)37-20-23(18-29(37)31(39)35-33)41-36-30-26-15-10-8-13-24(26)25-14-9-11-16-27(25)30/h6,8-16,22-23,28-29,34H,3-5,7,17-20H2,1-2H3,(H,35,39)/b12-6-/t22?,23-,28+,29+,33+/m1/s1.